The predicted molar refractivity (Wildman–Crippen MR) is 167 cm³/mol. The van der Waals surface area contributed by atoms with Crippen LogP contribution in [0.3, 0.4) is 0 Å². The minimum absolute atomic E-state index is 0.142. The summed E-state index contributed by atoms with van der Waals surface area (Å²) >= 11 is 5.77. The molecule has 15 heteroatoms. The van der Waals surface area contributed by atoms with E-state index in [2.05, 4.69) is 24.9 Å². The molecular formula is C30H29ClN6O8. The Morgan fingerprint density at radius 1 is 0.667 bits per heavy atom. The van der Waals surface area contributed by atoms with Crippen LogP contribution >= 0.6 is 11.6 Å². The maximum Gasteiger partial charge on any atom is 0.348 e. The zero-order chi connectivity index (χ0) is 32.5. The minimum atomic E-state index is -0.455. The number of H-pyrrole nitrogens is 1. The molecule has 0 atom stereocenters. The summed E-state index contributed by atoms with van der Waals surface area (Å²) in [5.41, 5.74) is 1.21. The van der Waals surface area contributed by atoms with E-state index in [4.69, 9.17) is 40.0 Å². The van der Waals surface area contributed by atoms with Gasteiger partial charge in [-0.05, 0) is 53.0 Å². The van der Waals surface area contributed by atoms with Crippen LogP contribution in [0.5, 0.6) is 34.9 Å². The number of ether oxygens (including phenoxy) is 6. The first kappa shape index (κ1) is 32.3. The van der Waals surface area contributed by atoms with E-state index in [0.717, 1.165) is 17.1 Å². The Morgan fingerprint density at radius 2 is 1.22 bits per heavy atom. The van der Waals surface area contributed by atoms with Gasteiger partial charge in [0.1, 0.15) is 22.4 Å². The number of benzene rings is 3. The molecule has 0 aliphatic rings. The first-order valence-corrected chi connectivity index (χ1v) is 13.4. The highest BCUT2D eigenvalue weighted by atomic mass is 35.5. The van der Waals surface area contributed by atoms with Crippen LogP contribution < -0.4 is 38.8 Å². The topological polar surface area (TPSA) is 167 Å². The molecule has 0 aliphatic heterocycles. The Labute approximate surface area is 261 Å². The lowest BCUT2D eigenvalue weighted by molar-refractivity contribution is -0.580. The number of methoxy groups -OCH3 is 6. The van der Waals surface area contributed by atoms with Gasteiger partial charge in [-0.1, -0.05) is 18.2 Å². The number of para-hydroxylation sites is 3. The summed E-state index contributed by atoms with van der Waals surface area (Å²) in [6.45, 7) is 0. The van der Waals surface area contributed by atoms with E-state index in [1.165, 1.54) is 28.4 Å². The number of hydrogen-bond acceptors (Lipinski definition) is 12. The van der Waals surface area contributed by atoms with Crippen LogP contribution in [0.25, 0.3) is 32.7 Å². The first-order chi connectivity index (χ1) is 21.8. The van der Waals surface area contributed by atoms with Gasteiger partial charge in [0.15, 0.2) is 11.3 Å². The molecule has 3 heterocycles. The van der Waals surface area contributed by atoms with Crippen molar-refractivity contribution in [3.8, 4) is 34.9 Å². The molecule has 0 amide bonds. The summed E-state index contributed by atoms with van der Waals surface area (Å²) in [6, 6.07) is 16.2. The number of hydrogen-bond donors (Lipinski definition) is 1. The van der Waals surface area contributed by atoms with Crippen molar-refractivity contribution < 1.29 is 33.2 Å². The van der Waals surface area contributed by atoms with Gasteiger partial charge in [0.05, 0.1) is 58.9 Å². The molecule has 0 unspecified atom stereocenters. The van der Waals surface area contributed by atoms with Crippen molar-refractivity contribution in [3.05, 3.63) is 81.9 Å². The number of fused-ring (bicyclic) bond motifs is 3. The second kappa shape index (κ2) is 14.7. The molecule has 6 aromatic rings. The third kappa shape index (κ3) is 6.96. The number of halogens is 1. The van der Waals surface area contributed by atoms with Gasteiger partial charge in [-0.25, -0.2) is 14.5 Å². The van der Waals surface area contributed by atoms with E-state index in [9.17, 15) is 10.0 Å². The summed E-state index contributed by atoms with van der Waals surface area (Å²) in [4.78, 5) is 29.5. The van der Waals surface area contributed by atoms with Gasteiger partial charge in [0, 0.05) is 0 Å². The number of aromatic amines is 1. The quantitative estimate of drug-likeness (QED) is 0.158. The lowest BCUT2D eigenvalue weighted by atomic mass is 10.2. The highest BCUT2D eigenvalue weighted by Gasteiger charge is 2.15. The van der Waals surface area contributed by atoms with E-state index >= 15 is 0 Å². The number of aromatic nitrogens is 6. The molecule has 45 heavy (non-hydrogen) atoms. The maximum absolute atomic E-state index is 11.5. The molecule has 0 fully saturated rings. The molecule has 0 aliphatic carbocycles. The van der Waals surface area contributed by atoms with Gasteiger partial charge in [0.25, 0.3) is 6.33 Å². The molecule has 234 valence electrons. The van der Waals surface area contributed by atoms with Crippen molar-refractivity contribution in [1.82, 2.24) is 24.9 Å². The summed E-state index contributed by atoms with van der Waals surface area (Å²) < 4.78 is 31.3. The van der Waals surface area contributed by atoms with Crippen LogP contribution in [-0.2, 0) is 0 Å². The zero-order valence-electron chi connectivity index (χ0n) is 25.2. The van der Waals surface area contributed by atoms with Gasteiger partial charge >= 0.3 is 11.6 Å². The molecule has 0 radical (unpaired) electrons. The highest BCUT2D eigenvalue weighted by Crippen LogP contribution is 2.30. The lowest BCUT2D eigenvalue weighted by Crippen LogP contribution is -2.27. The fourth-order valence-electron chi connectivity index (χ4n) is 4.32. The Bertz CT molecular complexity index is 2000. The van der Waals surface area contributed by atoms with Crippen LogP contribution in [-0.4, -0.2) is 67.6 Å². The predicted octanol–water partition coefficient (Wildman–Crippen LogP) is 4.13. The third-order valence-electron chi connectivity index (χ3n) is 6.29. The van der Waals surface area contributed by atoms with Crippen molar-refractivity contribution in [2.24, 2.45) is 0 Å². The summed E-state index contributed by atoms with van der Waals surface area (Å²) in [7, 11) is 9.16. The van der Waals surface area contributed by atoms with Crippen molar-refractivity contribution in [2.75, 3.05) is 42.7 Å². The maximum atomic E-state index is 11.5. The van der Waals surface area contributed by atoms with Crippen molar-refractivity contribution >= 4 is 44.3 Å². The largest absolute Gasteiger partial charge is 0.710 e. The number of nitrogens with one attached hydrogen (secondary N) is 1. The highest BCUT2D eigenvalue weighted by molar-refractivity contribution is 6.28. The standard InChI is InChI=1S/C10H9ClN2O2.2C10H10N2O3/c1-14-7-5-3-4-6-8(7)12-10(11)13-9(6)15-2;1-14-8-5-3-4-7-9(8)12(13)6-11-10(7)15-2;1-14-7-5-3-4-6-8(7)11-10(13)12-9(6)15-2/h3-5H,1-2H3;3-6H,1-2H3;3-5H,1-2H3,(H,11,12,13). The first-order valence-electron chi connectivity index (χ1n) is 13.0. The molecule has 0 saturated carbocycles. The normalized spacial score (nSPS) is 10.3. The fourth-order valence-corrected chi connectivity index (χ4v) is 4.49. The number of nitrogens with zero attached hydrogens (tertiary/aromatic N) is 5. The Morgan fingerprint density at radius 3 is 1.84 bits per heavy atom. The monoisotopic (exact) mass is 636 g/mol. The van der Waals surface area contributed by atoms with Crippen molar-refractivity contribution in [2.45, 2.75) is 0 Å². The van der Waals surface area contributed by atoms with Crippen molar-refractivity contribution in [3.63, 3.8) is 0 Å². The second-order valence-electron chi connectivity index (χ2n) is 8.73. The van der Waals surface area contributed by atoms with E-state index in [-0.39, 0.29) is 5.28 Å². The zero-order valence-corrected chi connectivity index (χ0v) is 25.9. The molecule has 14 nitrogen and oxygen atoms in total. The molecule has 1 N–H and O–H groups in total. The molecule has 0 spiro atoms. The number of rotatable bonds is 6. The minimum Gasteiger partial charge on any atom is -0.710 e. The summed E-state index contributed by atoms with van der Waals surface area (Å²) in [5.74, 6) is 2.90. The second-order valence-corrected chi connectivity index (χ2v) is 9.07. The van der Waals surface area contributed by atoms with Gasteiger partial charge in [0.2, 0.25) is 17.0 Å². The molecule has 3 aromatic carbocycles. The molecular weight excluding hydrogens is 608 g/mol. The van der Waals surface area contributed by atoms with Crippen LogP contribution in [0, 0.1) is 5.21 Å². The van der Waals surface area contributed by atoms with E-state index in [0.29, 0.717) is 61.6 Å². The molecule has 0 saturated heterocycles. The Hall–Kier alpha value is -5.63. The average molecular weight is 637 g/mol. The Kier molecular flexibility index (Phi) is 10.5. The SMILES string of the molecule is COc1nc(=O)[nH]c2c(OC)cccc12.COc1nc(Cl)nc2c(OC)cccc12.COc1nc[n+]([O-])c2c(OC)cccc12. The van der Waals surface area contributed by atoms with Crippen LogP contribution in [0.1, 0.15) is 0 Å². The van der Waals surface area contributed by atoms with Crippen LogP contribution in [0.15, 0.2) is 65.7 Å². The molecule has 6 rings (SSSR count). The summed E-state index contributed by atoms with van der Waals surface area (Å²) in [6.07, 6.45) is 1.16. The van der Waals surface area contributed by atoms with E-state index in [1.54, 1.807) is 44.6 Å². The van der Waals surface area contributed by atoms with Gasteiger partial charge in [-0.15, -0.1) is 0 Å². The average Bonchev–Trinajstić information content (AvgIpc) is 3.07. The Balaban J connectivity index is 0.000000154. The lowest BCUT2D eigenvalue weighted by Gasteiger charge is -2.09. The van der Waals surface area contributed by atoms with Gasteiger partial charge in [-0.3, -0.25) is 0 Å². The fraction of sp³-hybridized carbons (Fsp3) is 0.200. The smallest absolute Gasteiger partial charge is 0.348 e. The molecule has 0 bridgehead atoms. The van der Waals surface area contributed by atoms with Gasteiger partial charge in [-0.2, -0.15) is 9.97 Å². The van der Waals surface area contributed by atoms with Gasteiger partial charge < -0.3 is 38.6 Å². The third-order valence-corrected chi connectivity index (χ3v) is 6.46. The van der Waals surface area contributed by atoms with Crippen LogP contribution in [0.4, 0.5) is 0 Å². The van der Waals surface area contributed by atoms with E-state index < -0.39 is 5.69 Å². The molecule has 3 aromatic heterocycles. The summed E-state index contributed by atoms with van der Waals surface area (Å²) in [5, 5.41) is 13.8. The van der Waals surface area contributed by atoms with Crippen LogP contribution in [0.2, 0.25) is 5.28 Å². The van der Waals surface area contributed by atoms with E-state index in [1.807, 2.05) is 24.3 Å². The van der Waals surface area contributed by atoms with Crippen molar-refractivity contribution in [1.29, 1.82) is 0 Å².